The Morgan fingerprint density at radius 3 is 1.87 bits per heavy atom. The van der Waals surface area contributed by atoms with Crippen molar-refractivity contribution in [3.63, 3.8) is 0 Å². The molecule has 0 saturated carbocycles. The first kappa shape index (κ1) is 21.6. The van der Waals surface area contributed by atoms with Crippen molar-refractivity contribution in [2.75, 3.05) is 13.2 Å². The van der Waals surface area contributed by atoms with Crippen LogP contribution in [0.1, 0.15) is 30.0 Å². The Balaban J connectivity index is 1.67. The molecule has 0 radical (unpaired) electrons. The summed E-state index contributed by atoms with van der Waals surface area (Å²) in [4.78, 5) is 16.4. The zero-order valence-electron chi connectivity index (χ0n) is 17.7. The molecule has 0 aromatic heterocycles. The molecule has 31 heavy (non-hydrogen) atoms. The van der Waals surface area contributed by atoms with Crippen molar-refractivity contribution in [1.82, 2.24) is 10.8 Å². The van der Waals surface area contributed by atoms with E-state index in [4.69, 9.17) is 4.84 Å². The molecule has 1 fully saturated rings. The van der Waals surface area contributed by atoms with E-state index in [1.165, 1.54) is 23.6 Å². The number of hydrogen-bond donors (Lipinski definition) is 2. The van der Waals surface area contributed by atoms with E-state index in [2.05, 4.69) is 102 Å². The molecule has 2 N–H and O–H groups in total. The van der Waals surface area contributed by atoms with Gasteiger partial charge >= 0.3 is 0 Å². The lowest BCUT2D eigenvalue weighted by molar-refractivity contribution is -0.131. The van der Waals surface area contributed by atoms with Gasteiger partial charge < -0.3 is 5.32 Å². The standard InChI is InChI=1S/C26H28N2O2S/c1-20(29)28-30-19-24-17-25(18-27-24)31-26(21-11-5-2-6-12-21,22-13-7-3-8-14-22)23-15-9-4-10-16-23/h2-16,24-25,27H,17-19H2,1H3,(H,28,29). The van der Waals surface area contributed by atoms with Gasteiger partial charge in [0.2, 0.25) is 5.91 Å². The lowest BCUT2D eigenvalue weighted by Crippen LogP contribution is -2.31. The second kappa shape index (κ2) is 10.1. The van der Waals surface area contributed by atoms with Crippen LogP contribution in [-0.4, -0.2) is 30.4 Å². The molecule has 160 valence electrons. The lowest BCUT2D eigenvalue weighted by Gasteiger charge is -2.37. The van der Waals surface area contributed by atoms with Gasteiger partial charge in [0.15, 0.2) is 0 Å². The van der Waals surface area contributed by atoms with Crippen LogP contribution >= 0.6 is 11.8 Å². The maximum Gasteiger partial charge on any atom is 0.240 e. The average molecular weight is 433 g/mol. The van der Waals surface area contributed by atoms with E-state index in [0.717, 1.165) is 13.0 Å². The third-order valence-electron chi connectivity index (χ3n) is 5.57. The van der Waals surface area contributed by atoms with Gasteiger partial charge in [-0.15, -0.1) is 11.8 Å². The van der Waals surface area contributed by atoms with Crippen LogP contribution in [0.5, 0.6) is 0 Å². The van der Waals surface area contributed by atoms with Crippen molar-refractivity contribution < 1.29 is 9.63 Å². The number of hydroxylamine groups is 1. The van der Waals surface area contributed by atoms with E-state index in [9.17, 15) is 4.79 Å². The maximum atomic E-state index is 11.1. The number of carbonyl (C=O) groups excluding carboxylic acids is 1. The summed E-state index contributed by atoms with van der Waals surface area (Å²) in [5.41, 5.74) is 6.25. The Kier molecular flexibility index (Phi) is 7.07. The van der Waals surface area contributed by atoms with Crippen LogP contribution in [0.4, 0.5) is 0 Å². The van der Waals surface area contributed by atoms with Crippen LogP contribution in [0.2, 0.25) is 0 Å². The van der Waals surface area contributed by atoms with Crippen LogP contribution < -0.4 is 10.8 Å². The quantitative estimate of drug-likeness (QED) is 0.406. The van der Waals surface area contributed by atoms with E-state index in [1.54, 1.807) is 0 Å². The maximum absolute atomic E-state index is 11.1. The van der Waals surface area contributed by atoms with Gasteiger partial charge in [0.05, 0.1) is 11.4 Å². The van der Waals surface area contributed by atoms with Crippen molar-refractivity contribution >= 4 is 17.7 Å². The molecule has 3 aromatic carbocycles. The van der Waals surface area contributed by atoms with Crippen LogP contribution in [0, 0.1) is 0 Å². The Labute approximate surface area is 188 Å². The molecular formula is C26H28N2O2S. The molecule has 2 unspecified atom stereocenters. The van der Waals surface area contributed by atoms with E-state index < -0.39 is 0 Å². The second-order valence-corrected chi connectivity index (χ2v) is 9.34. The first-order valence-electron chi connectivity index (χ1n) is 10.6. The van der Waals surface area contributed by atoms with Gasteiger partial charge in [0.1, 0.15) is 0 Å². The first-order valence-corrected chi connectivity index (χ1v) is 11.5. The molecule has 3 aromatic rings. The molecule has 5 heteroatoms. The van der Waals surface area contributed by atoms with Crippen molar-refractivity contribution in [3.8, 4) is 0 Å². The van der Waals surface area contributed by atoms with Crippen molar-refractivity contribution in [1.29, 1.82) is 0 Å². The number of thioether (sulfide) groups is 1. The van der Waals surface area contributed by atoms with Gasteiger partial charge in [-0.2, -0.15) is 0 Å². The van der Waals surface area contributed by atoms with Gasteiger partial charge in [-0.25, -0.2) is 5.48 Å². The molecular weight excluding hydrogens is 404 g/mol. The van der Waals surface area contributed by atoms with Crippen LogP contribution in [0.3, 0.4) is 0 Å². The highest BCUT2D eigenvalue weighted by Gasteiger charge is 2.41. The molecule has 4 nitrogen and oxygen atoms in total. The first-order chi connectivity index (χ1) is 15.2. The number of amides is 1. The molecule has 1 aliphatic heterocycles. The molecule has 0 spiro atoms. The SMILES string of the molecule is CC(=O)NOCC1CC(SC(c2ccccc2)(c2ccccc2)c2ccccc2)CN1. The summed E-state index contributed by atoms with van der Waals surface area (Å²) in [5.74, 6) is -0.180. The largest absolute Gasteiger partial charge is 0.310 e. The highest BCUT2D eigenvalue weighted by Crippen LogP contribution is 2.51. The molecule has 0 bridgehead atoms. The number of nitrogens with one attached hydrogen (secondary N) is 2. The van der Waals surface area contributed by atoms with Gasteiger partial charge in [-0.05, 0) is 23.1 Å². The summed E-state index contributed by atoms with van der Waals surface area (Å²) in [7, 11) is 0. The Hall–Kier alpha value is -2.60. The zero-order chi connectivity index (χ0) is 21.5. The summed E-state index contributed by atoms with van der Waals surface area (Å²) in [6.07, 6.45) is 0.971. The summed E-state index contributed by atoms with van der Waals surface area (Å²) >= 11 is 2.00. The fourth-order valence-corrected chi connectivity index (χ4v) is 6.04. The summed E-state index contributed by atoms with van der Waals surface area (Å²) in [5, 5.41) is 3.96. The number of benzene rings is 3. The molecule has 1 aliphatic rings. The molecule has 4 rings (SSSR count). The molecule has 0 aliphatic carbocycles. The van der Waals surface area contributed by atoms with Crippen LogP contribution in [0.25, 0.3) is 0 Å². The van der Waals surface area contributed by atoms with Crippen molar-refractivity contribution in [3.05, 3.63) is 108 Å². The fraction of sp³-hybridized carbons (Fsp3) is 0.269. The van der Waals surface area contributed by atoms with Gasteiger partial charge in [-0.3, -0.25) is 9.63 Å². The zero-order valence-corrected chi connectivity index (χ0v) is 18.5. The van der Waals surface area contributed by atoms with Gasteiger partial charge in [0.25, 0.3) is 0 Å². The van der Waals surface area contributed by atoms with Crippen LogP contribution in [-0.2, 0) is 14.4 Å². The molecule has 1 amide bonds. The number of hydrogen-bond acceptors (Lipinski definition) is 4. The number of rotatable bonds is 8. The Morgan fingerprint density at radius 1 is 0.935 bits per heavy atom. The van der Waals surface area contributed by atoms with E-state index in [0.29, 0.717) is 11.9 Å². The Morgan fingerprint density at radius 2 is 1.42 bits per heavy atom. The van der Waals surface area contributed by atoms with Crippen LogP contribution in [0.15, 0.2) is 91.0 Å². The minimum atomic E-state index is -0.316. The highest BCUT2D eigenvalue weighted by molar-refractivity contribution is 8.01. The molecule has 1 heterocycles. The van der Waals surface area contributed by atoms with E-state index in [-0.39, 0.29) is 16.7 Å². The normalized spacial score (nSPS) is 18.6. The minimum Gasteiger partial charge on any atom is -0.310 e. The smallest absolute Gasteiger partial charge is 0.240 e. The van der Waals surface area contributed by atoms with E-state index >= 15 is 0 Å². The monoisotopic (exact) mass is 432 g/mol. The summed E-state index contributed by atoms with van der Waals surface area (Å²) < 4.78 is -0.316. The summed E-state index contributed by atoms with van der Waals surface area (Å²) in [6, 6.07) is 32.5. The highest BCUT2D eigenvalue weighted by atomic mass is 32.2. The third kappa shape index (κ3) is 5.01. The third-order valence-corrected chi connectivity index (χ3v) is 7.32. The predicted molar refractivity (Wildman–Crippen MR) is 127 cm³/mol. The predicted octanol–water partition coefficient (Wildman–Crippen LogP) is 4.51. The van der Waals surface area contributed by atoms with Gasteiger partial charge in [0, 0.05) is 24.8 Å². The van der Waals surface area contributed by atoms with Gasteiger partial charge in [-0.1, -0.05) is 91.0 Å². The minimum absolute atomic E-state index is 0.180. The average Bonchev–Trinajstić information content (AvgIpc) is 3.26. The van der Waals surface area contributed by atoms with E-state index in [1.807, 2.05) is 11.8 Å². The lowest BCUT2D eigenvalue weighted by atomic mass is 9.84. The summed E-state index contributed by atoms with van der Waals surface area (Å²) in [6.45, 7) is 2.81. The Bertz CT molecular complexity index is 870. The fourth-order valence-electron chi connectivity index (χ4n) is 4.22. The molecule has 2 atom stereocenters. The topological polar surface area (TPSA) is 50.4 Å². The van der Waals surface area contributed by atoms with Crippen molar-refractivity contribution in [2.45, 2.75) is 29.4 Å². The van der Waals surface area contributed by atoms with Crippen molar-refractivity contribution in [2.24, 2.45) is 0 Å². The second-order valence-electron chi connectivity index (χ2n) is 7.83. The number of carbonyl (C=O) groups is 1. The molecule has 1 saturated heterocycles.